The third-order valence-corrected chi connectivity index (χ3v) is 12.8. The van der Waals surface area contributed by atoms with E-state index >= 15 is 0 Å². The predicted molar refractivity (Wildman–Crippen MR) is 253 cm³/mol. The van der Waals surface area contributed by atoms with Crippen molar-refractivity contribution in [2.24, 2.45) is 0 Å². The fourth-order valence-electron chi connectivity index (χ4n) is 10.1. The molecule has 1 heteroatoms. The molecule has 13 aromatic rings. The zero-order valence-corrected chi connectivity index (χ0v) is 32.0. The molecule has 0 aliphatic carbocycles. The van der Waals surface area contributed by atoms with Crippen LogP contribution in [0, 0.1) is 0 Å². The molecule has 0 atom stereocenters. The smallest absolute Gasteiger partial charge is 0.143 e. The van der Waals surface area contributed by atoms with Crippen molar-refractivity contribution in [3.8, 4) is 33.4 Å². The second kappa shape index (κ2) is 12.4. The highest BCUT2D eigenvalue weighted by atomic mass is 16.3. The molecule has 0 unspecified atom stereocenters. The molecule has 13 rings (SSSR count). The molecular weight excluding hydrogens is 713 g/mol. The maximum absolute atomic E-state index is 6.48. The van der Waals surface area contributed by atoms with Crippen molar-refractivity contribution in [1.29, 1.82) is 0 Å². The van der Waals surface area contributed by atoms with Gasteiger partial charge in [0.05, 0.1) is 0 Å². The monoisotopic (exact) mass is 746 g/mol. The zero-order chi connectivity index (χ0) is 38.6. The Balaban J connectivity index is 1.02. The molecule has 12 aromatic carbocycles. The third kappa shape index (κ3) is 4.73. The molecule has 0 aliphatic heterocycles. The first-order valence-electron chi connectivity index (χ1n) is 20.4. The number of rotatable bonds is 3. The summed E-state index contributed by atoms with van der Waals surface area (Å²) in [6.07, 6.45) is 0. The minimum Gasteiger partial charge on any atom is -0.455 e. The number of fused-ring (bicyclic) bond motifs is 17. The zero-order valence-electron chi connectivity index (χ0n) is 32.0. The van der Waals surface area contributed by atoms with Gasteiger partial charge in [-0.1, -0.05) is 176 Å². The lowest BCUT2D eigenvalue weighted by Gasteiger charge is -2.18. The van der Waals surface area contributed by atoms with E-state index in [-0.39, 0.29) is 0 Å². The molecule has 1 aromatic heterocycles. The molecule has 0 radical (unpaired) electrons. The van der Waals surface area contributed by atoms with Crippen molar-refractivity contribution in [3.63, 3.8) is 0 Å². The molecule has 0 aliphatic rings. The van der Waals surface area contributed by atoms with Crippen molar-refractivity contribution in [1.82, 2.24) is 0 Å². The van der Waals surface area contributed by atoms with E-state index in [2.05, 4.69) is 206 Å². The normalized spacial score (nSPS) is 12.1. The number of hydrogen-bond donors (Lipinski definition) is 0. The van der Waals surface area contributed by atoms with Crippen molar-refractivity contribution < 1.29 is 4.42 Å². The minimum absolute atomic E-state index is 0.912. The largest absolute Gasteiger partial charge is 0.455 e. The van der Waals surface area contributed by atoms with E-state index in [9.17, 15) is 0 Å². The van der Waals surface area contributed by atoms with E-state index in [4.69, 9.17) is 4.42 Å². The molecule has 59 heavy (non-hydrogen) atoms. The van der Waals surface area contributed by atoms with Gasteiger partial charge in [0.2, 0.25) is 0 Å². The van der Waals surface area contributed by atoms with Gasteiger partial charge in [0, 0.05) is 16.2 Å². The second-order valence-corrected chi connectivity index (χ2v) is 15.9. The Bertz CT molecular complexity index is 3890. The fourth-order valence-corrected chi connectivity index (χ4v) is 10.1. The van der Waals surface area contributed by atoms with Gasteiger partial charge in [-0.05, 0) is 134 Å². The summed E-state index contributed by atoms with van der Waals surface area (Å²) in [4.78, 5) is 0. The summed E-state index contributed by atoms with van der Waals surface area (Å²) >= 11 is 0. The molecule has 272 valence electrons. The van der Waals surface area contributed by atoms with Crippen LogP contribution in [0.2, 0.25) is 0 Å². The Morgan fingerprint density at radius 1 is 0.237 bits per heavy atom. The molecule has 0 saturated carbocycles. The highest BCUT2D eigenvalue weighted by Gasteiger charge is 2.18. The Hall–Kier alpha value is -7.74. The summed E-state index contributed by atoms with van der Waals surface area (Å²) in [6.45, 7) is 0. The molecule has 0 bridgehead atoms. The van der Waals surface area contributed by atoms with Gasteiger partial charge in [0.15, 0.2) is 0 Å². The lowest BCUT2D eigenvalue weighted by Crippen LogP contribution is -1.90. The van der Waals surface area contributed by atoms with Crippen LogP contribution in [-0.2, 0) is 0 Å². The van der Waals surface area contributed by atoms with E-state index in [1.165, 1.54) is 103 Å². The van der Waals surface area contributed by atoms with Crippen LogP contribution in [0.25, 0.3) is 131 Å². The summed E-state index contributed by atoms with van der Waals surface area (Å²) < 4.78 is 6.48. The number of furan rings is 1. The van der Waals surface area contributed by atoms with Gasteiger partial charge in [-0.25, -0.2) is 0 Å². The molecule has 0 N–H and O–H groups in total. The predicted octanol–water partition coefficient (Wildman–Crippen LogP) is 16.7. The van der Waals surface area contributed by atoms with Crippen molar-refractivity contribution in [2.75, 3.05) is 0 Å². The van der Waals surface area contributed by atoms with E-state index in [1.54, 1.807) is 0 Å². The van der Waals surface area contributed by atoms with E-state index in [0.29, 0.717) is 0 Å². The second-order valence-electron chi connectivity index (χ2n) is 15.9. The van der Waals surface area contributed by atoms with E-state index in [1.807, 2.05) is 0 Å². The van der Waals surface area contributed by atoms with Crippen LogP contribution >= 0.6 is 0 Å². The van der Waals surface area contributed by atoms with Crippen LogP contribution in [0.4, 0.5) is 0 Å². The fraction of sp³-hybridized carbons (Fsp3) is 0. The Kier molecular flexibility index (Phi) is 6.79. The summed E-state index contributed by atoms with van der Waals surface area (Å²) in [6, 6.07) is 75.9. The maximum Gasteiger partial charge on any atom is 0.143 e. The number of hydrogen-bond acceptors (Lipinski definition) is 1. The summed E-state index contributed by atoms with van der Waals surface area (Å²) in [5.74, 6) is 0. The van der Waals surface area contributed by atoms with Crippen molar-refractivity contribution >= 4 is 97.3 Å². The average Bonchev–Trinajstić information content (AvgIpc) is 3.69. The lowest BCUT2D eigenvalue weighted by molar-refractivity contribution is 0.672. The molecule has 0 fully saturated rings. The molecule has 0 saturated heterocycles. The van der Waals surface area contributed by atoms with Gasteiger partial charge in [-0.2, -0.15) is 0 Å². The first-order chi connectivity index (χ1) is 29.3. The third-order valence-electron chi connectivity index (χ3n) is 12.8. The maximum atomic E-state index is 6.48. The lowest BCUT2D eigenvalue weighted by atomic mass is 9.85. The van der Waals surface area contributed by atoms with Crippen LogP contribution in [-0.4, -0.2) is 0 Å². The van der Waals surface area contributed by atoms with Gasteiger partial charge in [-0.15, -0.1) is 0 Å². The van der Waals surface area contributed by atoms with Crippen LogP contribution in [0.15, 0.2) is 211 Å². The van der Waals surface area contributed by atoms with Gasteiger partial charge in [0.25, 0.3) is 0 Å². The molecule has 1 nitrogen and oxygen atoms in total. The van der Waals surface area contributed by atoms with E-state index < -0.39 is 0 Å². The van der Waals surface area contributed by atoms with Crippen molar-refractivity contribution in [2.45, 2.75) is 0 Å². The average molecular weight is 747 g/mol. The van der Waals surface area contributed by atoms with Gasteiger partial charge in [-0.3, -0.25) is 0 Å². The van der Waals surface area contributed by atoms with E-state index in [0.717, 1.165) is 27.3 Å². The summed E-state index contributed by atoms with van der Waals surface area (Å²) in [5, 5.41) is 20.0. The van der Waals surface area contributed by atoms with Crippen LogP contribution in [0.5, 0.6) is 0 Å². The van der Waals surface area contributed by atoms with Crippen LogP contribution in [0.3, 0.4) is 0 Å². The van der Waals surface area contributed by atoms with Crippen molar-refractivity contribution in [3.05, 3.63) is 206 Å². The Labute approximate surface area is 340 Å². The van der Waals surface area contributed by atoms with Gasteiger partial charge in [0.1, 0.15) is 11.2 Å². The standard InChI is InChI=1S/C58H34O/c1-2-12-35(13-3-1)37-25-28-49-52(32-37)45-16-6-8-18-47(45)57-50-29-26-38(33-53(50)46-17-7-9-19-48(46)56(49)57)40-20-10-23-44-41(21-11-22-43(40)44)39-27-31-55-54(34-39)51-30-24-36-14-4-5-15-42(36)58(51)59-55/h1-34H. The molecule has 0 spiro atoms. The molecular formula is C58H34O. The Morgan fingerprint density at radius 3 is 1.37 bits per heavy atom. The first-order valence-corrected chi connectivity index (χ1v) is 20.4. The highest BCUT2D eigenvalue weighted by molar-refractivity contribution is 6.39. The highest BCUT2D eigenvalue weighted by Crippen LogP contribution is 2.46. The quantitative estimate of drug-likeness (QED) is 0.164. The SMILES string of the molecule is c1ccc(-c2ccc3c(c2)c2ccccc2c2c4ccc(-c5cccc6c(-c7ccc8oc9c%10ccccc%10ccc9c8c7)cccc56)cc4c4ccccc4c32)cc1. The van der Waals surface area contributed by atoms with Crippen LogP contribution in [0.1, 0.15) is 0 Å². The van der Waals surface area contributed by atoms with Gasteiger partial charge >= 0.3 is 0 Å². The minimum atomic E-state index is 0.912. The summed E-state index contributed by atoms with van der Waals surface area (Å²) in [5.41, 5.74) is 9.17. The Morgan fingerprint density at radius 2 is 0.712 bits per heavy atom. The number of benzene rings is 12. The molecule has 1 heterocycles. The topological polar surface area (TPSA) is 13.1 Å². The summed E-state index contributed by atoms with van der Waals surface area (Å²) in [7, 11) is 0. The van der Waals surface area contributed by atoms with Crippen LogP contribution < -0.4 is 0 Å². The van der Waals surface area contributed by atoms with Gasteiger partial charge < -0.3 is 4.42 Å². The first kappa shape index (κ1) is 32.4. The molecule has 0 amide bonds.